The highest BCUT2D eigenvalue weighted by Crippen LogP contribution is 2.28. The zero-order chi connectivity index (χ0) is 20.6. The molecule has 0 radical (unpaired) electrons. The number of fused-ring (bicyclic) bond motifs is 1. The molecule has 148 valence electrons. The Kier molecular flexibility index (Phi) is 4.63. The Balaban J connectivity index is 1.61. The van der Waals surface area contributed by atoms with Crippen molar-refractivity contribution < 1.29 is 17.5 Å². The van der Waals surface area contributed by atoms with Gasteiger partial charge < -0.3 is 4.74 Å². The molecular formula is C19H16FN5O3S. The van der Waals surface area contributed by atoms with E-state index in [9.17, 15) is 12.8 Å². The number of anilines is 1. The van der Waals surface area contributed by atoms with E-state index in [1.165, 1.54) is 36.1 Å². The number of halogens is 1. The summed E-state index contributed by atoms with van der Waals surface area (Å²) in [5.74, 6) is 0.495. The predicted molar refractivity (Wildman–Crippen MR) is 104 cm³/mol. The van der Waals surface area contributed by atoms with Crippen molar-refractivity contribution >= 4 is 21.5 Å². The van der Waals surface area contributed by atoms with Gasteiger partial charge in [0.05, 0.1) is 5.69 Å². The molecule has 0 saturated carbocycles. The largest absolute Gasteiger partial charge is 0.439 e. The SMILES string of the molecule is Cc1cc(Oc2ccc(N(C)S(=O)(=O)c3ccccc3F)cc2)n2ncnc2n1. The van der Waals surface area contributed by atoms with Gasteiger partial charge in [-0.1, -0.05) is 12.1 Å². The Hall–Kier alpha value is -3.53. The highest BCUT2D eigenvalue weighted by atomic mass is 32.2. The minimum atomic E-state index is -4.03. The molecule has 2 heterocycles. The molecule has 0 aliphatic rings. The van der Waals surface area contributed by atoms with Gasteiger partial charge in [-0.05, 0) is 43.3 Å². The van der Waals surface area contributed by atoms with Gasteiger partial charge in [0.25, 0.3) is 15.8 Å². The first-order valence-electron chi connectivity index (χ1n) is 8.55. The van der Waals surface area contributed by atoms with E-state index in [0.717, 1.165) is 10.4 Å². The Morgan fingerprint density at radius 1 is 1.10 bits per heavy atom. The molecule has 0 fully saturated rings. The van der Waals surface area contributed by atoms with Gasteiger partial charge in [-0.2, -0.15) is 14.6 Å². The number of hydrogen-bond donors (Lipinski definition) is 0. The van der Waals surface area contributed by atoms with Crippen LogP contribution in [-0.2, 0) is 10.0 Å². The van der Waals surface area contributed by atoms with Crippen LogP contribution in [0.15, 0.2) is 65.8 Å². The quantitative estimate of drug-likeness (QED) is 0.499. The van der Waals surface area contributed by atoms with Gasteiger partial charge in [0.2, 0.25) is 5.88 Å². The van der Waals surface area contributed by atoms with Crippen molar-refractivity contribution in [2.45, 2.75) is 11.8 Å². The third kappa shape index (κ3) is 3.49. The summed E-state index contributed by atoms with van der Waals surface area (Å²) < 4.78 is 47.7. The summed E-state index contributed by atoms with van der Waals surface area (Å²) in [7, 11) is -2.67. The summed E-state index contributed by atoms with van der Waals surface area (Å²) in [6.07, 6.45) is 1.38. The second kappa shape index (κ2) is 7.13. The number of hydrogen-bond acceptors (Lipinski definition) is 6. The molecule has 0 bridgehead atoms. The molecule has 8 nitrogen and oxygen atoms in total. The third-order valence-electron chi connectivity index (χ3n) is 4.25. The van der Waals surface area contributed by atoms with E-state index >= 15 is 0 Å². The van der Waals surface area contributed by atoms with E-state index in [4.69, 9.17) is 4.74 Å². The molecule has 0 saturated heterocycles. The fraction of sp³-hybridized carbons (Fsp3) is 0.105. The predicted octanol–water partition coefficient (Wildman–Crippen LogP) is 3.19. The lowest BCUT2D eigenvalue weighted by Gasteiger charge is -2.20. The van der Waals surface area contributed by atoms with Gasteiger partial charge in [0.1, 0.15) is 22.8 Å². The zero-order valence-electron chi connectivity index (χ0n) is 15.5. The molecule has 2 aromatic heterocycles. The molecule has 0 N–H and O–H groups in total. The van der Waals surface area contributed by atoms with E-state index in [1.807, 2.05) is 6.92 Å². The van der Waals surface area contributed by atoms with Crippen LogP contribution in [0.1, 0.15) is 5.69 Å². The topological polar surface area (TPSA) is 89.7 Å². The molecule has 2 aromatic carbocycles. The summed E-state index contributed by atoms with van der Waals surface area (Å²) in [6, 6.07) is 13.3. The highest BCUT2D eigenvalue weighted by molar-refractivity contribution is 7.92. The van der Waals surface area contributed by atoms with Gasteiger partial charge in [-0.25, -0.2) is 17.8 Å². The van der Waals surface area contributed by atoms with E-state index in [-0.39, 0.29) is 4.90 Å². The Bertz CT molecular complexity index is 1290. The molecule has 0 amide bonds. The van der Waals surface area contributed by atoms with Crippen molar-refractivity contribution in [1.82, 2.24) is 19.6 Å². The first-order chi connectivity index (χ1) is 13.9. The molecular weight excluding hydrogens is 397 g/mol. The van der Waals surface area contributed by atoms with Crippen LogP contribution in [0.2, 0.25) is 0 Å². The first kappa shape index (κ1) is 18.8. The molecule has 0 spiro atoms. The molecule has 0 unspecified atom stereocenters. The standard InChI is InChI=1S/C19H16FN5O3S/c1-13-11-18(25-19(23-13)21-12-22-25)28-15-9-7-14(8-10-15)24(2)29(26,27)17-6-4-3-5-16(17)20/h3-12H,1-2H3. The average molecular weight is 413 g/mol. The fourth-order valence-electron chi connectivity index (χ4n) is 2.75. The number of aryl methyl sites for hydroxylation is 1. The van der Waals surface area contributed by atoms with E-state index in [2.05, 4.69) is 15.1 Å². The van der Waals surface area contributed by atoms with Crippen LogP contribution < -0.4 is 9.04 Å². The van der Waals surface area contributed by atoms with Crippen molar-refractivity contribution in [2.24, 2.45) is 0 Å². The Labute approximate surface area is 166 Å². The normalized spacial score (nSPS) is 11.6. The smallest absolute Gasteiger partial charge is 0.266 e. The number of benzene rings is 2. The minimum Gasteiger partial charge on any atom is -0.439 e. The summed E-state index contributed by atoms with van der Waals surface area (Å²) in [5.41, 5.74) is 1.07. The Morgan fingerprint density at radius 2 is 1.83 bits per heavy atom. The maximum absolute atomic E-state index is 14.0. The summed E-state index contributed by atoms with van der Waals surface area (Å²) in [5, 5.41) is 4.07. The summed E-state index contributed by atoms with van der Waals surface area (Å²) in [6.45, 7) is 1.81. The summed E-state index contributed by atoms with van der Waals surface area (Å²) in [4.78, 5) is 7.90. The van der Waals surface area contributed by atoms with Crippen LogP contribution in [0.3, 0.4) is 0 Å². The van der Waals surface area contributed by atoms with Crippen molar-refractivity contribution in [3.8, 4) is 11.6 Å². The second-order valence-corrected chi connectivity index (χ2v) is 8.14. The molecule has 4 rings (SSSR count). The van der Waals surface area contributed by atoms with Crippen LogP contribution in [0.25, 0.3) is 5.78 Å². The first-order valence-corrected chi connectivity index (χ1v) is 9.99. The molecule has 10 heteroatoms. The zero-order valence-corrected chi connectivity index (χ0v) is 16.3. The van der Waals surface area contributed by atoms with Gasteiger partial charge in [-0.15, -0.1) is 0 Å². The number of aromatic nitrogens is 4. The van der Waals surface area contributed by atoms with Gasteiger partial charge in [-0.3, -0.25) is 4.31 Å². The number of sulfonamides is 1. The second-order valence-electron chi connectivity index (χ2n) is 6.21. The average Bonchev–Trinajstić information content (AvgIpc) is 3.17. The van der Waals surface area contributed by atoms with Crippen LogP contribution in [0.4, 0.5) is 10.1 Å². The lowest BCUT2D eigenvalue weighted by atomic mass is 10.3. The minimum absolute atomic E-state index is 0.359. The number of ether oxygens (including phenoxy) is 1. The van der Waals surface area contributed by atoms with E-state index in [0.29, 0.717) is 28.8 Å². The van der Waals surface area contributed by atoms with E-state index in [1.54, 1.807) is 30.3 Å². The lowest BCUT2D eigenvalue weighted by Crippen LogP contribution is -2.27. The lowest BCUT2D eigenvalue weighted by molar-refractivity contribution is 0.445. The Morgan fingerprint density at radius 3 is 2.55 bits per heavy atom. The van der Waals surface area contributed by atoms with Crippen molar-refractivity contribution in [3.63, 3.8) is 0 Å². The summed E-state index contributed by atoms with van der Waals surface area (Å²) >= 11 is 0. The van der Waals surface area contributed by atoms with Crippen LogP contribution >= 0.6 is 0 Å². The third-order valence-corrected chi connectivity index (χ3v) is 6.06. The van der Waals surface area contributed by atoms with Crippen LogP contribution in [0, 0.1) is 12.7 Å². The van der Waals surface area contributed by atoms with E-state index < -0.39 is 15.8 Å². The van der Waals surface area contributed by atoms with Gasteiger partial charge >= 0.3 is 0 Å². The highest BCUT2D eigenvalue weighted by Gasteiger charge is 2.24. The number of nitrogens with zero attached hydrogens (tertiary/aromatic N) is 5. The van der Waals surface area contributed by atoms with Gasteiger partial charge in [0.15, 0.2) is 0 Å². The molecule has 0 aliphatic carbocycles. The maximum Gasteiger partial charge on any atom is 0.266 e. The fourth-order valence-corrected chi connectivity index (χ4v) is 4.01. The molecule has 0 atom stereocenters. The van der Waals surface area contributed by atoms with Crippen molar-refractivity contribution in [3.05, 3.63) is 72.4 Å². The molecule has 0 aliphatic heterocycles. The van der Waals surface area contributed by atoms with Gasteiger partial charge in [0, 0.05) is 18.8 Å². The van der Waals surface area contributed by atoms with Crippen molar-refractivity contribution in [1.29, 1.82) is 0 Å². The molecule has 4 aromatic rings. The van der Waals surface area contributed by atoms with Crippen LogP contribution in [0.5, 0.6) is 11.6 Å². The molecule has 29 heavy (non-hydrogen) atoms. The van der Waals surface area contributed by atoms with Crippen molar-refractivity contribution in [2.75, 3.05) is 11.4 Å². The number of rotatable bonds is 5. The van der Waals surface area contributed by atoms with Crippen LogP contribution in [-0.4, -0.2) is 35.0 Å². The monoisotopic (exact) mass is 413 g/mol. The maximum atomic E-state index is 14.0.